The van der Waals surface area contributed by atoms with Gasteiger partial charge in [0.1, 0.15) is 5.69 Å². The van der Waals surface area contributed by atoms with Crippen LogP contribution in [-0.2, 0) is 0 Å². The van der Waals surface area contributed by atoms with Gasteiger partial charge in [-0.25, -0.2) is 4.98 Å². The van der Waals surface area contributed by atoms with Crippen molar-refractivity contribution in [2.45, 2.75) is 0 Å². The number of carbonyl (C=O) groups excluding carboxylic acids is 1. The first-order valence-electron chi connectivity index (χ1n) is 6.40. The number of hydrogen-bond acceptors (Lipinski definition) is 5. The molecule has 0 saturated heterocycles. The maximum Gasteiger partial charge on any atom is 0.257 e. The third-order valence-electron chi connectivity index (χ3n) is 3.01. The molecule has 0 fully saturated rings. The van der Waals surface area contributed by atoms with Gasteiger partial charge in [-0.3, -0.25) is 4.79 Å². The van der Waals surface area contributed by atoms with Crippen LogP contribution in [0.4, 0.5) is 17.1 Å². The number of methoxy groups -OCH3 is 1. The SMILES string of the molecule is COc1nccc(N(C)C)c1NC(=O)c1ccccc1N. The first-order chi connectivity index (χ1) is 10.0. The van der Waals surface area contributed by atoms with Crippen LogP contribution < -0.4 is 20.7 Å². The molecule has 0 aliphatic rings. The minimum atomic E-state index is -0.303. The second kappa shape index (κ2) is 6.13. The highest BCUT2D eigenvalue weighted by molar-refractivity contribution is 6.09. The zero-order valence-corrected chi connectivity index (χ0v) is 12.3. The number of nitrogens with one attached hydrogen (secondary N) is 1. The molecule has 6 nitrogen and oxygen atoms in total. The molecule has 0 aliphatic heterocycles. The van der Waals surface area contributed by atoms with Crippen LogP contribution in [0.5, 0.6) is 5.88 Å². The molecule has 1 amide bonds. The van der Waals surface area contributed by atoms with E-state index in [0.29, 0.717) is 22.8 Å². The van der Waals surface area contributed by atoms with Crippen LogP contribution in [0.15, 0.2) is 36.5 Å². The van der Waals surface area contributed by atoms with Crippen LogP contribution in [0.25, 0.3) is 0 Å². The lowest BCUT2D eigenvalue weighted by Crippen LogP contribution is -2.18. The highest BCUT2D eigenvalue weighted by Gasteiger charge is 2.17. The molecule has 0 unspecified atom stereocenters. The summed E-state index contributed by atoms with van der Waals surface area (Å²) in [5.74, 6) is 0.0477. The molecule has 0 bridgehead atoms. The van der Waals surface area contributed by atoms with Crippen molar-refractivity contribution in [3.05, 3.63) is 42.1 Å². The van der Waals surface area contributed by atoms with E-state index in [0.717, 1.165) is 5.69 Å². The van der Waals surface area contributed by atoms with Gasteiger partial charge in [-0.05, 0) is 18.2 Å². The van der Waals surface area contributed by atoms with Gasteiger partial charge in [0, 0.05) is 26.0 Å². The molecular weight excluding hydrogens is 268 g/mol. The summed E-state index contributed by atoms with van der Waals surface area (Å²) in [4.78, 5) is 18.4. The Balaban J connectivity index is 2.39. The lowest BCUT2D eigenvalue weighted by molar-refractivity contribution is 0.102. The van der Waals surface area contributed by atoms with E-state index in [-0.39, 0.29) is 5.91 Å². The number of nitrogens with two attached hydrogens (primary N) is 1. The minimum Gasteiger partial charge on any atom is -0.479 e. The molecule has 0 atom stereocenters. The van der Waals surface area contributed by atoms with Gasteiger partial charge in [0.15, 0.2) is 0 Å². The molecule has 1 aromatic heterocycles. The number of pyridine rings is 1. The van der Waals surface area contributed by atoms with Crippen LogP contribution in [0.2, 0.25) is 0 Å². The monoisotopic (exact) mass is 286 g/mol. The predicted molar refractivity (Wildman–Crippen MR) is 83.9 cm³/mol. The molecule has 110 valence electrons. The van der Waals surface area contributed by atoms with Gasteiger partial charge in [-0.1, -0.05) is 12.1 Å². The largest absolute Gasteiger partial charge is 0.479 e. The third-order valence-corrected chi connectivity index (χ3v) is 3.01. The Morgan fingerprint density at radius 1 is 1.29 bits per heavy atom. The van der Waals surface area contributed by atoms with E-state index in [1.165, 1.54) is 7.11 Å². The van der Waals surface area contributed by atoms with Gasteiger partial charge in [0.05, 0.1) is 18.4 Å². The normalized spacial score (nSPS) is 10.0. The van der Waals surface area contributed by atoms with Gasteiger partial charge >= 0.3 is 0 Å². The summed E-state index contributed by atoms with van der Waals surface area (Å²) in [6.45, 7) is 0. The maximum absolute atomic E-state index is 12.4. The van der Waals surface area contributed by atoms with Crippen LogP contribution in [0, 0.1) is 0 Å². The number of nitrogens with zero attached hydrogens (tertiary/aromatic N) is 2. The van der Waals surface area contributed by atoms with E-state index in [2.05, 4.69) is 10.3 Å². The number of hydrogen-bond donors (Lipinski definition) is 2. The molecule has 0 saturated carbocycles. The number of aromatic nitrogens is 1. The van der Waals surface area contributed by atoms with Crippen molar-refractivity contribution in [2.24, 2.45) is 0 Å². The molecule has 2 rings (SSSR count). The summed E-state index contributed by atoms with van der Waals surface area (Å²) >= 11 is 0. The van der Waals surface area contributed by atoms with Crippen molar-refractivity contribution in [1.29, 1.82) is 0 Å². The fourth-order valence-corrected chi connectivity index (χ4v) is 1.96. The number of carbonyl (C=O) groups is 1. The molecule has 1 aromatic carbocycles. The Morgan fingerprint density at radius 3 is 2.62 bits per heavy atom. The Hall–Kier alpha value is -2.76. The fraction of sp³-hybridized carbons (Fsp3) is 0.200. The van der Waals surface area contributed by atoms with Gasteiger partial charge in [-0.15, -0.1) is 0 Å². The van der Waals surface area contributed by atoms with Crippen LogP contribution >= 0.6 is 0 Å². The quantitative estimate of drug-likeness (QED) is 0.840. The third kappa shape index (κ3) is 3.05. The first-order valence-corrected chi connectivity index (χ1v) is 6.40. The standard InChI is InChI=1S/C15H18N4O2/c1-19(2)12-8-9-17-15(21-3)13(12)18-14(20)10-6-4-5-7-11(10)16/h4-9H,16H2,1-3H3,(H,18,20). The second-order valence-corrected chi connectivity index (χ2v) is 4.65. The zero-order chi connectivity index (χ0) is 15.4. The molecular formula is C15H18N4O2. The minimum absolute atomic E-state index is 0.303. The van der Waals surface area contributed by atoms with Gasteiger partial charge < -0.3 is 20.7 Å². The zero-order valence-electron chi connectivity index (χ0n) is 12.3. The van der Waals surface area contributed by atoms with Crippen LogP contribution in [0.1, 0.15) is 10.4 Å². The van der Waals surface area contributed by atoms with E-state index < -0.39 is 0 Å². The maximum atomic E-state index is 12.4. The van der Waals surface area contributed by atoms with E-state index in [1.54, 1.807) is 36.5 Å². The number of ether oxygens (including phenoxy) is 1. The van der Waals surface area contributed by atoms with Crippen molar-refractivity contribution in [1.82, 2.24) is 4.98 Å². The smallest absolute Gasteiger partial charge is 0.257 e. The molecule has 1 heterocycles. The highest BCUT2D eigenvalue weighted by Crippen LogP contribution is 2.32. The number of anilines is 3. The van der Waals surface area contributed by atoms with E-state index in [9.17, 15) is 4.79 Å². The van der Waals surface area contributed by atoms with Crippen molar-refractivity contribution < 1.29 is 9.53 Å². The number of rotatable bonds is 4. The Bertz CT molecular complexity index is 656. The van der Waals surface area contributed by atoms with Crippen molar-refractivity contribution in [3.63, 3.8) is 0 Å². The van der Waals surface area contributed by atoms with Crippen molar-refractivity contribution in [2.75, 3.05) is 37.2 Å². The van der Waals surface area contributed by atoms with E-state index >= 15 is 0 Å². The number of nitrogen functional groups attached to an aromatic ring is 1. The lowest BCUT2D eigenvalue weighted by Gasteiger charge is -2.19. The molecule has 3 N–H and O–H groups in total. The number of benzene rings is 1. The molecule has 2 aromatic rings. The Kier molecular flexibility index (Phi) is 4.27. The summed E-state index contributed by atoms with van der Waals surface area (Å²) in [7, 11) is 5.26. The summed E-state index contributed by atoms with van der Waals surface area (Å²) < 4.78 is 5.22. The molecule has 6 heteroatoms. The van der Waals surface area contributed by atoms with Gasteiger partial charge in [0.25, 0.3) is 5.91 Å². The van der Waals surface area contributed by atoms with Crippen LogP contribution in [0.3, 0.4) is 0 Å². The average Bonchev–Trinajstić information content (AvgIpc) is 2.47. The Morgan fingerprint density at radius 2 is 2.00 bits per heavy atom. The van der Waals surface area contributed by atoms with Crippen LogP contribution in [-0.4, -0.2) is 32.1 Å². The van der Waals surface area contributed by atoms with E-state index in [4.69, 9.17) is 10.5 Å². The average molecular weight is 286 g/mol. The second-order valence-electron chi connectivity index (χ2n) is 4.65. The van der Waals surface area contributed by atoms with Gasteiger partial charge in [0.2, 0.25) is 5.88 Å². The van der Waals surface area contributed by atoms with Gasteiger partial charge in [-0.2, -0.15) is 0 Å². The van der Waals surface area contributed by atoms with Crippen molar-refractivity contribution in [3.8, 4) is 5.88 Å². The number of para-hydroxylation sites is 1. The fourth-order valence-electron chi connectivity index (χ4n) is 1.96. The Labute approximate surface area is 123 Å². The highest BCUT2D eigenvalue weighted by atomic mass is 16.5. The van der Waals surface area contributed by atoms with Crippen molar-refractivity contribution >= 4 is 23.0 Å². The predicted octanol–water partition coefficient (Wildman–Crippen LogP) is 1.99. The summed E-state index contributed by atoms with van der Waals surface area (Å²) in [6, 6.07) is 8.69. The number of amides is 1. The first kappa shape index (κ1) is 14.6. The summed E-state index contributed by atoms with van der Waals surface area (Å²) in [5.41, 5.74) is 7.96. The lowest BCUT2D eigenvalue weighted by atomic mass is 10.1. The van der Waals surface area contributed by atoms with E-state index in [1.807, 2.05) is 19.0 Å². The molecule has 0 radical (unpaired) electrons. The summed E-state index contributed by atoms with van der Waals surface area (Å²) in [6.07, 6.45) is 1.63. The topological polar surface area (TPSA) is 80.5 Å². The summed E-state index contributed by atoms with van der Waals surface area (Å²) in [5, 5.41) is 2.82. The molecule has 0 spiro atoms. The molecule has 0 aliphatic carbocycles. The molecule has 21 heavy (non-hydrogen) atoms.